The first-order valence-corrected chi connectivity index (χ1v) is 12.2. The number of rotatable bonds is 10. The standard InChI is InChI=1S/C27H25N3O5S/c1-34-15-14-28-25(32)19-8-13-22-23(16-19)29-27(36-17-24(31)18-6-4-3-5-7-18)30(26(22)33)20-9-11-21(35-2)12-10-20/h3-13,16H,14-15,17H2,1-2H3,(H,28,32). The van der Waals surface area contributed by atoms with Crippen LogP contribution in [0.2, 0.25) is 0 Å². The molecule has 0 bridgehead atoms. The van der Waals surface area contributed by atoms with Crippen LogP contribution in [-0.4, -0.2) is 54.4 Å². The van der Waals surface area contributed by atoms with Crippen molar-refractivity contribution in [1.29, 1.82) is 0 Å². The Bertz CT molecular complexity index is 1440. The molecule has 0 aliphatic rings. The molecule has 1 N–H and O–H groups in total. The maximum absolute atomic E-state index is 13.6. The molecule has 0 aliphatic carbocycles. The predicted molar refractivity (Wildman–Crippen MR) is 140 cm³/mol. The lowest BCUT2D eigenvalue weighted by atomic mass is 10.1. The van der Waals surface area contributed by atoms with E-state index in [9.17, 15) is 14.4 Å². The summed E-state index contributed by atoms with van der Waals surface area (Å²) in [6.07, 6.45) is 0. The number of carbonyl (C=O) groups excluding carboxylic acids is 2. The number of ketones is 1. The van der Waals surface area contributed by atoms with Crippen molar-refractivity contribution in [3.63, 3.8) is 0 Å². The largest absolute Gasteiger partial charge is 0.497 e. The van der Waals surface area contributed by atoms with Gasteiger partial charge in [0, 0.05) is 24.8 Å². The Morgan fingerprint density at radius 2 is 1.72 bits per heavy atom. The first-order valence-electron chi connectivity index (χ1n) is 11.2. The Labute approximate surface area is 212 Å². The quantitative estimate of drug-likeness (QED) is 0.152. The first-order chi connectivity index (χ1) is 17.5. The average Bonchev–Trinajstić information content (AvgIpc) is 2.92. The van der Waals surface area contributed by atoms with Crippen molar-refractivity contribution >= 4 is 34.4 Å². The van der Waals surface area contributed by atoms with E-state index in [1.807, 2.05) is 6.07 Å². The monoisotopic (exact) mass is 503 g/mol. The molecule has 184 valence electrons. The smallest absolute Gasteiger partial charge is 0.266 e. The third kappa shape index (κ3) is 5.64. The summed E-state index contributed by atoms with van der Waals surface area (Å²) in [6.45, 7) is 0.753. The molecule has 4 aromatic rings. The molecule has 0 saturated heterocycles. The Morgan fingerprint density at radius 3 is 2.42 bits per heavy atom. The van der Waals surface area contributed by atoms with Crippen LogP contribution in [0, 0.1) is 0 Å². The van der Waals surface area contributed by atoms with Crippen LogP contribution in [-0.2, 0) is 4.74 Å². The maximum Gasteiger partial charge on any atom is 0.266 e. The second kappa shape index (κ2) is 11.7. The van der Waals surface area contributed by atoms with E-state index in [4.69, 9.17) is 14.5 Å². The normalized spacial score (nSPS) is 10.8. The number of Topliss-reactive ketones (excluding diaryl/α,β-unsaturated/α-hetero) is 1. The van der Waals surface area contributed by atoms with Crippen LogP contribution in [0.1, 0.15) is 20.7 Å². The van der Waals surface area contributed by atoms with Crippen LogP contribution < -0.4 is 15.6 Å². The lowest BCUT2D eigenvalue weighted by molar-refractivity contribution is 0.0936. The summed E-state index contributed by atoms with van der Waals surface area (Å²) in [5.41, 5.74) is 1.62. The predicted octanol–water partition coefficient (Wildman–Crippen LogP) is 3.75. The number of nitrogens with one attached hydrogen (secondary N) is 1. The topological polar surface area (TPSA) is 99.5 Å². The molecular weight excluding hydrogens is 478 g/mol. The number of benzene rings is 3. The number of nitrogens with zero attached hydrogens (tertiary/aromatic N) is 2. The van der Waals surface area contributed by atoms with Crippen molar-refractivity contribution in [1.82, 2.24) is 14.9 Å². The van der Waals surface area contributed by atoms with E-state index in [0.29, 0.717) is 51.8 Å². The van der Waals surface area contributed by atoms with Crippen LogP contribution in [0.25, 0.3) is 16.6 Å². The molecule has 0 aliphatic heterocycles. The summed E-state index contributed by atoms with van der Waals surface area (Å²) < 4.78 is 11.7. The van der Waals surface area contributed by atoms with E-state index >= 15 is 0 Å². The zero-order valence-electron chi connectivity index (χ0n) is 19.9. The van der Waals surface area contributed by atoms with E-state index in [1.165, 1.54) is 16.3 Å². The van der Waals surface area contributed by atoms with Gasteiger partial charge in [-0.05, 0) is 42.5 Å². The lowest BCUT2D eigenvalue weighted by Gasteiger charge is -2.14. The van der Waals surface area contributed by atoms with E-state index in [2.05, 4.69) is 5.32 Å². The van der Waals surface area contributed by atoms with E-state index in [1.54, 1.807) is 80.9 Å². The lowest BCUT2D eigenvalue weighted by Crippen LogP contribution is -2.27. The molecule has 1 aromatic heterocycles. The van der Waals surface area contributed by atoms with E-state index in [-0.39, 0.29) is 23.0 Å². The van der Waals surface area contributed by atoms with Crippen molar-refractivity contribution in [3.05, 3.63) is 94.3 Å². The molecule has 0 unspecified atom stereocenters. The summed E-state index contributed by atoms with van der Waals surface area (Å²) in [6, 6.07) is 20.8. The third-order valence-electron chi connectivity index (χ3n) is 5.45. The summed E-state index contributed by atoms with van der Waals surface area (Å²) >= 11 is 1.17. The van der Waals surface area contributed by atoms with Gasteiger partial charge in [-0.15, -0.1) is 0 Å². The molecule has 1 heterocycles. The zero-order chi connectivity index (χ0) is 25.5. The molecule has 4 rings (SSSR count). The number of hydrogen-bond acceptors (Lipinski definition) is 7. The molecule has 0 saturated carbocycles. The fourth-order valence-corrected chi connectivity index (χ4v) is 4.48. The van der Waals surface area contributed by atoms with Crippen LogP contribution >= 0.6 is 11.8 Å². The van der Waals surface area contributed by atoms with Crippen molar-refractivity contribution in [2.24, 2.45) is 0 Å². The molecule has 9 heteroatoms. The minimum atomic E-state index is -0.300. The highest BCUT2D eigenvalue weighted by Crippen LogP contribution is 2.24. The van der Waals surface area contributed by atoms with Gasteiger partial charge in [-0.25, -0.2) is 4.98 Å². The second-order valence-corrected chi connectivity index (χ2v) is 8.73. The number of thioether (sulfide) groups is 1. The third-order valence-corrected chi connectivity index (χ3v) is 6.39. The fourth-order valence-electron chi connectivity index (χ4n) is 3.57. The van der Waals surface area contributed by atoms with Gasteiger partial charge in [0.25, 0.3) is 11.5 Å². The average molecular weight is 504 g/mol. The molecule has 0 atom stereocenters. The number of fused-ring (bicyclic) bond motifs is 1. The second-order valence-electron chi connectivity index (χ2n) is 7.79. The van der Waals surface area contributed by atoms with Crippen LogP contribution in [0.3, 0.4) is 0 Å². The highest BCUT2D eigenvalue weighted by Gasteiger charge is 2.17. The van der Waals surface area contributed by atoms with Crippen LogP contribution in [0.4, 0.5) is 0 Å². The summed E-state index contributed by atoms with van der Waals surface area (Å²) in [5, 5.41) is 3.47. The number of aromatic nitrogens is 2. The Kier molecular flexibility index (Phi) is 8.14. The Morgan fingerprint density at radius 1 is 0.972 bits per heavy atom. The van der Waals surface area contributed by atoms with Crippen molar-refractivity contribution in [2.75, 3.05) is 33.1 Å². The van der Waals surface area contributed by atoms with E-state index in [0.717, 1.165) is 0 Å². The molecule has 1 amide bonds. The molecule has 0 radical (unpaired) electrons. The van der Waals surface area contributed by atoms with E-state index < -0.39 is 0 Å². The number of carbonyl (C=O) groups is 2. The minimum Gasteiger partial charge on any atom is -0.497 e. The minimum absolute atomic E-state index is 0.0810. The van der Waals surface area contributed by atoms with Crippen LogP contribution in [0.5, 0.6) is 5.75 Å². The van der Waals surface area contributed by atoms with Gasteiger partial charge in [0.1, 0.15) is 5.75 Å². The molecule has 0 fully saturated rings. The summed E-state index contributed by atoms with van der Waals surface area (Å²) in [7, 11) is 3.12. The van der Waals surface area contributed by atoms with Crippen molar-refractivity contribution in [3.8, 4) is 11.4 Å². The summed E-state index contributed by atoms with van der Waals surface area (Å²) in [5.74, 6) is 0.374. The zero-order valence-corrected chi connectivity index (χ0v) is 20.7. The van der Waals surface area contributed by atoms with Crippen molar-refractivity contribution < 1.29 is 19.1 Å². The van der Waals surface area contributed by atoms with Gasteiger partial charge in [-0.3, -0.25) is 19.0 Å². The molecule has 36 heavy (non-hydrogen) atoms. The van der Waals surface area contributed by atoms with Gasteiger partial charge in [-0.2, -0.15) is 0 Å². The molecule has 0 spiro atoms. The number of hydrogen-bond donors (Lipinski definition) is 1. The highest BCUT2D eigenvalue weighted by molar-refractivity contribution is 7.99. The Balaban J connectivity index is 1.75. The fraction of sp³-hybridized carbons (Fsp3) is 0.185. The first kappa shape index (κ1) is 25.2. The number of methoxy groups -OCH3 is 2. The van der Waals surface area contributed by atoms with Gasteiger partial charge in [0.05, 0.1) is 36.1 Å². The van der Waals surface area contributed by atoms with Crippen LogP contribution in [0.15, 0.2) is 82.7 Å². The molecule has 8 nitrogen and oxygen atoms in total. The highest BCUT2D eigenvalue weighted by atomic mass is 32.2. The molecular formula is C27H25N3O5S. The van der Waals surface area contributed by atoms with Gasteiger partial charge in [0.2, 0.25) is 0 Å². The number of ether oxygens (including phenoxy) is 2. The number of amides is 1. The van der Waals surface area contributed by atoms with Gasteiger partial charge in [0.15, 0.2) is 10.9 Å². The van der Waals surface area contributed by atoms with Gasteiger partial charge >= 0.3 is 0 Å². The SMILES string of the molecule is COCCNC(=O)c1ccc2c(=O)n(-c3ccc(OC)cc3)c(SCC(=O)c3ccccc3)nc2c1. The van der Waals surface area contributed by atoms with Gasteiger partial charge < -0.3 is 14.8 Å². The summed E-state index contributed by atoms with van der Waals surface area (Å²) in [4.78, 5) is 43.6. The maximum atomic E-state index is 13.6. The van der Waals surface area contributed by atoms with Gasteiger partial charge in [-0.1, -0.05) is 42.1 Å². The Hall–Kier alpha value is -3.95. The van der Waals surface area contributed by atoms with Crippen molar-refractivity contribution in [2.45, 2.75) is 5.16 Å². The molecule has 3 aromatic carbocycles.